The summed E-state index contributed by atoms with van der Waals surface area (Å²) in [5.74, 6) is -0.546. The molecule has 0 bridgehead atoms. The van der Waals surface area contributed by atoms with Gasteiger partial charge >= 0.3 is 0 Å². The Morgan fingerprint density at radius 2 is 1.70 bits per heavy atom. The lowest BCUT2D eigenvalue weighted by Crippen LogP contribution is -2.51. The molecule has 1 atom stereocenters. The molecule has 3 rings (SSSR count). The van der Waals surface area contributed by atoms with Crippen LogP contribution in [0.2, 0.25) is 0 Å². The number of sulfonamides is 1. The van der Waals surface area contributed by atoms with Crippen molar-refractivity contribution in [1.82, 2.24) is 10.2 Å². The molecule has 40 heavy (non-hydrogen) atoms. The lowest BCUT2D eigenvalue weighted by Gasteiger charge is -2.33. The first-order chi connectivity index (χ1) is 19.0. The van der Waals surface area contributed by atoms with Gasteiger partial charge in [-0.25, -0.2) is 8.42 Å². The van der Waals surface area contributed by atoms with Gasteiger partial charge in [0.2, 0.25) is 11.8 Å². The number of methoxy groups -OCH3 is 1. The topological polar surface area (TPSA) is 139 Å². The molecule has 0 heterocycles. The van der Waals surface area contributed by atoms with Gasteiger partial charge in [-0.3, -0.25) is 24.0 Å². The number of hydrogen-bond acceptors (Lipinski definition) is 7. The molecule has 1 N–H and O–H groups in total. The molecule has 0 saturated heterocycles. The quantitative estimate of drug-likeness (QED) is 0.260. The maximum Gasteiger partial charge on any atom is 0.273 e. The van der Waals surface area contributed by atoms with Gasteiger partial charge in [0.15, 0.2) is 0 Å². The molecule has 0 unspecified atom stereocenters. The van der Waals surface area contributed by atoms with Gasteiger partial charge in [0.1, 0.15) is 18.3 Å². The zero-order chi connectivity index (χ0) is 29.4. The fraction of sp³-hybridized carbons (Fsp3) is 0.286. The Hall–Kier alpha value is -4.45. The van der Waals surface area contributed by atoms with Crippen molar-refractivity contribution < 1.29 is 27.7 Å². The average molecular weight is 569 g/mol. The molecule has 2 amide bonds. The summed E-state index contributed by atoms with van der Waals surface area (Å²) in [4.78, 5) is 38.5. The highest BCUT2D eigenvalue weighted by Crippen LogP contribution is 2.29. The number of nitrogens with one attached hydrogen (secondary N) is 1. The maximum absolute atomic E-state index is 13.9. The number of benzene rings is 3. The summed E-state index contributed by atoms with van der Waals surface area (Å²) in [6, 6.07) is 17.8. The average Bonchev–Trinajstić information content (AvgIpc) is 2.96. The largest absolute Gasteiger partial charge is 0.497 e. The summed E-state index contributed by atoms with van der Waals surface area (Å²) < 4.78 is 34.0. The molecule has 0 aromatic heterocycles. The van der Waals surface area contributed by atoms with Crippen LogP contribution in [0.1, 0.15) is 24.5 Å². The summed E-state index contributed by atoms with van der Waals surface area (Å²) >= 11 is 0. The Morgan fingerprint density at radius 3 is 2.25 bits per heavy atom. The lowest BCUT2D eigenvalue weighted by molar-refractivity contribution is -0.385. The second-order valence-electron chi connectivity index (χ2n) is 8.96. The van der Waals surface area contributed by atoms with Crippen molar-refractivity contribution in [2.45, 2.75) is 37.8 Å². The first-order valence-electron chi connectivity index (χ1n) is 12.5. The summed E-state index contributed by atoms with van der Waals surface area (Å²) in [6.45, 7) is 2.67. The van der Waals surface area contributed by atoms with E-state index in [4.69, 9.17) is 4.74 Å². The Labute approximate surface area is 233 Å². The predicted octanol–water partition coefficient (Wildman–Crippen LogP) is 3.66. The second-order valence-corrected chi connectivity index (χ2v) is 10.8. The maximum atomic E-state index is 13.9. The summed E-state index contributed by atoms with van der Waals surface area (Å²) in [5, 5.41) is 14.1. The monoisotopic (exact) mass is 568 g/mol. The van der Waals surface area contributed by atoms with E-state index in [1.807, 2.05) is 6.07 Å². The van der Waals surface area contributed by atoms with E-state index in [-0.39, 0.29) is 35.1 Å². The minimum Gasteiger partial charge on any atom is -0.497 e. The Morgan fingerprint density at radius 1 is 1.05 bits per heavy atom. The van der Waals surface area contributed by atoms with Crippen molar-refractivity contribution in [3.05, 3.63) is 94.0 Å². The van der Waals surface area contributed by atoms with Crippen molar-refractivity contribution in [2.75, 3.05) is 25.0 Å². The molecule has 0 aliphatic carbocycles. The van der Waals surface area contributed by atoms with Gasteiger partial charge < -0.3 is 15.0 Å². The first-order valence-corrected chi connectivity index (χ1v) is 13.9. The summed E-state index contributed by atoms with van der Waals surface area (Å²) in [6.07, 6.45) is 0.289. The van der Waals surface area contributed by atoms with Gasteiger partial charge in [-0.05, 0) is 49.2 Å². The third-order valence-electron chi connectivity index (χ3n) is 6.43. The Balaban J connectivity index is 2.11. The number of carbonyl (C=O) groups excluding carboxylic acids is 2. The molecule has 0 aliphatic rings. The predicted molar refractivity (Wildman–Crippen MR) is 150 cm³/mol. The molecule has 3 aromatic rings. The normalized spacial score (nSPS) is 11.8. The van der Waals surface area contributed by atoms with Crippen molar-refractivity contribution in [3.63, 3.8) is 0 Å². The number of ether oxygens (including phenoxy) is 1. The number of hydrogen-bond donors (Lipinski definition) is 1. The minimum atomic E-state index is -4.47. The van der Waals surface area contributed by atoms with E-state index in [1.54, 1.807) is 43.3 Å². The van der Waals surface area contributed by atoms with Gasteiger partial charge in [0.25, 0.3) is 15.7 Å². The Bertz CT molecular complexity index is 1460. The van der Waals surface area contributed by atoms with Crippen LogP contribution in [0.3, 0.4) is 0 Å². The first kappa shape index (κ1) is 30.1. The van der Waals surface area contributed by atoms with Crippen LogP contribution in [0.4, 0.5) is 11.4 Å². The van der Waals surface area contributed by atoms with E-state index in [0.29, 0.717) is 11.3 Å². The molecule has 0 spiro atoms. The van der Waals surface area contributed by atoms with Crippen LogP contribution in [-0.2, 0) is 26.2 Å². The highest BCUT2D eigenvalue weighted by molar-refractivity contribution is 7.92. The van der Waals surface area contributed by atoms with Crippen LogP contribution >= 0.6 is 0 Å². The zero-order valence-corrected chi connectivity index (χ0v) is 23.6. The van der Waals surface area contributed by atoms with Gasteiger partial charge in [0.05, 0.1) is 22.6 Å². The second kappa shape index (κ2) is 13.1. The standard InChI is InChI=1S/C28H32N4O7S/c1-5-25(28(34)29-3)30(18-21-9-7-6-8-10-21)27(33)19-31(22-12-14-23(39-4)15-13-22)40(37,38)24-16-11-20(2)26(17-24)32(35)36/h6-17,25H,5,18-19H2,1-4H3,(H,29,34)/t25-/m0/s1. The van der Waals surface area contributed by atoms with Crippen LogP contribution in [0.15, 0.2) is 77.7 Å². The summed E-state index contributed by atoms with van der Waals surface area (Å²) in [5.41, 5.74) is 0.830. The molecule has 3 aromatic carbocycles. The van der Waals surface area contributed by atoms with E-state index < -0.39 is 33.4 Å². The highest BCUT2D eigenvalue weighted by Gasteiger charge is 2.34. The molecular weight excluding hydrogens is 536 g/mol. The van der Waals surface area contributed by atoms with Crippen LogP contribution in [0, 0.1) is 17.0 Å². The van der Waals surface area contributed by atoms with Crippen LogP contribution in [0.25, 0.3) is 0 Å². The number of likely N-dealkylation sites (N-methyl/N-ethyl adjacent to an activating group) is 1. The van der Waals surface area contributed by atoms with Crippen LogP contribution in [0.5, 0.6) is 5.75 Å². The van der Waals surface area contributed by atoms with Crippen molar-refractivity contribution in [2.24, 2.45) is 0 Å². The van der Waals surface area contributed by atoms with Crippen molar-refractivity contribution >= 4 is 33.2 Å². The number of carbonyl (C=O) groups is 2. The molecule has 0 aliphatic heterocycles. The molecule has 0 fully saturated rings. The number of amides is 2. The van der Waals surface area contributed by atoms with Crippen molar-refractivity contribution in [3.8, 4) is 5.75 Å². The number of nitro groups is 1. The number of aryl methyl sites for hydroxylation is 1. The fourth-order valence-corrected chi connectivity index (χ4v) is 5.65. The molecule has 12 heteroatoms. The van der Waals surface area contributed by atoms with Crippen LogP contribution in [-0.4, -0.2) is 56.8 Å². The lowest BCUT2D eigenvalue weighted by atomic mass is 10.1. The fourth-order valence-electron chi connectivity index (χ4n) is 4.22. The number of nitrogens with zero attached hydrogens (tertiary/aromatic N) is 3. The van der Waals surface area contributed by atoms with Gasteiger partial charge in [-0.2, -0.15) is 0 Å². The van der Waals surface area contributed by atoms with E-state index in [2.05, 4.69) is 5.32 Å². The van der Waals surface area contributed by atoms with Crippen molar-refractivity contribution in [1.29, 1.82) is 0 Å². The number of rotatable bonds is 12. The third kappa shape index (κ3) is 6.75. The number of nitro benzene ring substituents is 1. The molecule has 0 saturated carbocycles. The smallest absolute Gasteiger partial charge is 0.273 e. The third-order valence-corrected chi connectivity index (χ3v) is 8.20. The minimum absolute atomic E-state index is 0.0676. The highest BCUT2D eigenvalue weighted by atomic mass is 32.2. The van der Waals surface area contributed by atoms with E-state index in [9.17, 15) is 28.1 Å². The molecule has 212 valence electrons. The zero-order valence-electron chi connectivity index (χ0n) is 22.7. The van der Waals surface area contributed by atoms with Gasteiger partial charge in [-0.1, -0.05) is 43.3 Å². The molecular formula is C28H32N4O7S. The molecule has 0 radical (unpaired) electrons. The van der Waals surface area contributed by atoms with Crippen LogP contribution < -0.4 is 14.4 Å². The molecule has 11 nitrogen and oxygen atoms in total. The Kier molecular flexibility index (Phi) is 9.83. The SMILES string of the molecule is CC[C@@H](C(=O)NC)N(Cc1ccccc1)C(=O)CN(c1ccc(OC)cc1)S(=O)(=O)c1ccc(C)c([N+](=O)[O-])c1. The van der Waals surface area contributed by atoms with E-state index in [1.165, 1.54) is 50.2 Å². The van der Waals surface area contributed by atoms with E-state index >= 15 is 0 Å². The summed E-state index contributed by atoms with van der Waals surface area (Å²) in [7, 11) is -1.54. The van der Waals surface area contributed by atoms with Gasteiger partial charge in [0, 0.05) is 25.2 Å². The number of anilines is 1. The van der Waals surface area contributed by atoms with Gasteiger partial charge in [-0.15, -0.1) is 0 Å². The van der Waals surface area contributed by atoms with E-state index in [0.717, 1.165) is 15.9 Å².